The highest BCUT2D eigenvalue weighted by atomic mass is 32.2. The summed E-state index contributed by atoms with van der Waals surface area (Å²) < 4.78 is 13.9. The van der Waals surface area contributed by atoms with E-state index in [0.29, 0.717) is 0 Å². The van der Waals surface area contributed by atoms with Crippen LogP contribution in [0.3, 0.4) is 0 Å². The van der Waals surface area contributed by atoms with E-state index in [0.717, 1.165) is 29.2 Å². The van der Waals surface area contributed by atoms with Crippen molar-refractivity contribution in [2.45, 2.75) is 19.9 Å². The Morgan fingerprint density at radius 1 is 1.47 bits per heavy atom. The quantitative estimate of drug-likeness (QED) is 0.820. The Balaban J connectivity index is 2.30. The van der Waals surface area contributed by atoms with Gasteiger partial charge in [0.1, 0.15) is 5.82 Å². The highest BCUT2D eigenvalue weighted by molar-refractivity contribution is 7.99. The zero-order chi connectivity index (χ0) is 12.4. The third kappa shape index (κ3) is 2.69. The van der Waals surface area contributed by atoms with Crippen molar-refractivity contribution in [2.24, 2.45) is 0 Å². The van der Waals surface area contributed by atoms with E-state index in [2.05, 4.69) is 5.32 Å². The summed E-state index contributed by atoms with van der Waals surface area (Å²) in [6.07, 6.45) is 0. The van der Waals surface area contributed by atoms with E-state index in [9.17, 15) is 9.18 Å². The van der Waals surface area contributed by atoms with Crippen molar-refractivity contribution in [2.75, 3.05) is 18.1 Å². The molecular weight excluding hydrogens is 237 g/mol. The maximum Gasteiger partial charge on any atom is 0.183 e. The van der Waals surface area contributed by atoms with Crippen LogP contribution in [-0.4, -0.2) is 29.9 Å². The molecule has 2 rings (SSSR count). The lowest BCUT2D eigenvalue weighted by molar-refractivity contribution is 0.0948. The van der Waals surface area contributed by atoms with Crippen LogP contribution in [-0.2, 0) is 0 Å². The van der Waals surface area contributed by atoms with Crippen molar-refractivity contribution in [3.8, 4) is 0 Å². The van der Waals surface area contributed by atoms with Gasteiger partial charge in [-0.05, 0) is 31.0 Å². The van der Waals surface area contributed by atoms with Crippen LogP contribution in [0.2, 0.25) is 0 Å². The van der Waals surface area contributed by atoms with E-state index in [-0.39, 0.29) is 17.4 Å². The lowest BCUT2D eigenvalue weighted by Gasteiger charge is -2.22. The molecule has 0 bridgehead atoms. The highest BCUT2D eigenvalue weighted by Gasteiger charge is 2.25. The third-order valence-electron chi connectivity index (χ3n) is 2.92. The van der Waals surface area contributed by atoms with Gasteiger partial charge in [0.05, 0.1) is 11.6 Å². The molecule has 0 aromatic heterocycles. The number of thioether (sulfide) groups is 1. The summed E-state index contributed by atoms with van der Waals surface area (Å²) in [7, 11) is 0. The van der Waals surface area contributed by atoms with Gasteiger partial charge in [0.15, 0.2) is 5.78 Å². The SMILES string of the molecule is Cc1cc(C)c(C(=O)C2CSCCN2)c(F)c1. The molecule has 2 nitrogen and oxygen atoms in total. The van der Waals surface area contributed by atoms with E-state index in [1.165, 1.54) is 6.07 Å². The molecule has 1 N–H and O–H groups in total. The second-order valence-corrected chi connectivity index (χ2v) is 5.53. The molecular formula is C13H16FNOS. The lowest BCUT2D eigenvalue weighted by Crippen LogP contribution is -2.43. The topological polar surface area (TPSA) is 29.1 Å². The molecule has 1 heterocycles. The Labute approximate surface area is 105 Å². The normalized spacial score (nSPS) is 20.3. The Morgan fingerprint density at radius 3 is 2.82 bits per heavy atom. The molecule has 0 saturated carbocycles. The molecule has 1 aromatic rings. The summed E-state index contributed by atoms with van der Waals surface area (Å²) in [6, 6.07) is 3.03. The van der Waals surface area contributed by atoms with Gasteiger partial charge in [0.25, 0.3) is 0 Å². The van der Waals surface area contributed by atoms with Gasteiger partial charge in [-0.2, -0.15) is 11.8 Å². The van der Waals surface area contributed by atoms with Crippen molar-refractivity contribution in [3.63, 3.8) is 0 Å². The molecule has 1 aliphatic heterocycles. The molecule has 1 saturated heterocycles. The van der Waals surface area contributed by atoms with Gasteiger partial charge < -0.3 is 5.32 Å². The molecule has 1 unspecified atom stereocenters. The number of hydrogen-bond acceptors (Lipinski definition) is 3. The van der Waals surface area contributed by atoms with Crippen molar-refractivity contribution < 1.29 is 9.18 Å². The number of hydrogen-bond donors (Lipinski definition) is 1. The first kappa shape index (κ1) is 12.6. The lowest BCUT2D eigenvalue weighted by atomic mass is 9.97. The minimum atomic E-state index is -0.398. The second-order valence-electron chi connectivity index (χ2n) is 4.38. The molecule has 1 fully saturated rings. The number of carbonyl (C=O) groups is 1. The van der Waals surface area contributed by atoms with Crippen LogP contribution in [0, 0.1) is 19.7 Å². The zero-order valence-electron chi connectivity index (χ0n) is 10.0. The number of Topliss-reactive ketones (excluding diaryl/α,β-unsaturated/α-hetero) is 1. The molecule has 92 valence electrons. The zero-order valence-corrected chi connectivity index (χ0v) is 10.9. The number of carbonyl (C=O) groups excluding carboxylic acids is 1. The van der Waals surface area contributed by atoms with Gasteiger partial charge in [0, 0.05) is 18.1 Å². The molecule has 1 aromatic carbocycles. The van der Waals surface area contributed by atoms with Crippen LogP contribution < -0.4 is 5.32 Å². The van der Waals surface area contributed by atoms with Gasteiger partial charge in [-0.3, -0.25) is 4.79 Å². The van der Waals surface area contributed by atoms with E-state index in [1.54, 1.807) is 18.7 Å². The fourth-order valence-electron chi connectivity index (χ4n) is 2.14. The summed E-state index contributed by atoms with van der Waals surface area (Å²) in [5, 5.41) is 3.15. The second kappa shape index (κ2) is 5.19. The summed E-state index contributed by atoms with van der Waals surface area (Å²) in [5.74, 6) is 1.22. The summed E-state index contributed by atoms with van der Waals surface area (Å²) in [5.41, 5.74) is 1.82. The van der Waals surface area contributed by atoms with Gasteiger partial charge in [-0.25, -0.2) is 4.39 Å². The minimum Gasteiger partial charge on any atom is -0.306 e. The smallest absolute Gasteiger partial charge is 0.183 e. The number of rotatable bonds is 2. The van der Waals surface area contributed by atoms with Gasteiger partial charge >= 0.3 is 0 Å². The first-order valence-electron chi connectivity index (χ1n) is 5.71. The number of ketones is 1. The van der Waals surface area contributed by atoms with Crippen molar-refractivity contribution in [1.82, 2.24) is 5.32 Å². The molecule has 0 aliphatic carbocycles. The van der Waals surface area contributed by atoms with E-state index >= 15 is 0 Å². The molecule has 0 spiro atoms. The van der Waals surface area contributed by atoms with E-state index < -0.39 is 5.82 Å². The molecule has 1 atom stereocenters. The Hall–Kier alpha value is -0.870. The van der Waals surface area contributed by atoms with Gasteiger partial charge in [-0.1, -0.05) is 6.07 Å². The number of halogens is 1. The van der Waals surface area contributed by atoms with Crippen molar-refractivity contribution >= 4 is 17.5 Å². The molecule has 0 radical (unpaired) electrons. The standard InChI is InChI=1S/C13H16FNOS/c1-8-5-9(2)12(10(14)6-8)13(16)11-7-17-4-3-15-11/h5-6,11,15H,3-4,7H2,1-2H3. The fraction of sp³-hybridized carbons (Fsp3) is 0.462. The summed E-state index contributed by atoms with van der Waals surface area (Å²) in [4.78, 5) is 12.2. The first-order chi connectivity index (χ1) is 8.09. The van der Waals surface area contributed by atoms with Crippen LogP contribution in [0.5, 0.6) is 0 Å². The monoisotopic (exact) mass is 253 g/mol. The van der Waals surface area contributed by atoms with E-state index in [4.69, 9.17) is 0 Å². The van der Waals surface area contributed by atoms with Crippen LogP contribution in [0.15, 0.2) is 12.1 Å². The van der Waals surface area contributed by atoms with Crippen LogP contribution >= 0.6 is 11.8 Å². The minimum absolute atomic E-state index is 0.118. The first-order valence-corrected chi connectivity index (χ1v) is 6.87. The number of nitrogens with one attached hydrogen (secondary N) is 1. The number of aryl methyl sites for hydroxylation is 2. The summed E-state index contributed by atoms with van der Waals surface area (Å²) >= 11 is 1.74. The maximum absolute atomic E-state index is 13.9. The molecule has 17 heavy (non-hydrogen) atoms. The van der Waals surface area contributed by atoms with Crippen LogP contribution in [0.1, 0.15) is 21.5 Å². The molecule has 1 aliphatic rings. The number of benzene rings is 1. The van der Waals surface area contributed by atoms with Crippen LogP contribution in [0.4, 0.5) is 4.39 Å². The van der Waals surface area contributed by atoms with Crippen molar-refractivity contribution in [1.29, 1.82) is 0 Å². The molecule has 4 heteroatoms. The average Bonchev–Trinajstić information content (AvgIpc) is 2.28. The van der Waals surface area contributed by atoms with Gasteiger partial charge in [-0.15, -0.1) is 0 Å². The molecule has 0 amide bonds. The van der Waals surface area contributed by atoms with Gasteiger partial charge in [0.2, 0.25) is 0 Å². The Bertz CT molecular complexity index is 418. The third-order valence-corrected chi connectivity index (χ3v) is 3.98. The largest absolute Gasteiger partial charge is 0.306 e. The predicted octanol–water partition coefficient (Wildman–Crippen LogP) is 2.33. The summed E-state index contributed by atoms with van der Waals surface area (Å²) in [6.45, 7) is 4.44. The van der Waals surface area contributed by atoms with Crippen LogP contribution in [0.25, 0.3) is 0 Å². The fourth-order valence-corrected chi connectivity index (χ4v) is 3.07. The highest BCUT2D eigenvalue weighted by Crippen LogP contribution is 2.20. The van der Waals surface area contributed by atoms with E-state index in [1.807, 2.05) is 13.0 Å². The average molecular weight is 253 g/mol. The maximum atomic E-state index is 13.9. The Morgan fingerprint density at radius 2 is 2.24 bits per heavy atom. The Kier molecular flexibility index (Phi) is 3.84. The predicted molar refractivity (Wildman–Crippen MR) is 69.3 cm³/mol. The van der Waals surface area contributed by atoms with Crippen molar-refractivity contribution in [3.05, 3.63) is 34.6 Å².